The summed E-state index contributed by atoms with van der Waals surface area (Å²) < 4.78 is 21.7. The van der Waals surface area contributed by atoms with E-state index < -0.39 is 61.3 Å². The zero-order chi connectivity index (χ0) is 41.1. The Bertz CT molecular complexity index is 1030. The number of aliphatic carboxylic acids is 1. The van der Waals surface area contributed by atoms with Crippen LogP contribution in [0.5, 0.6) is 0 Å². The number of unbranched alkanes of at least 4 members (excludes halogenated alkanes) is 22. The molecule has 0 bridgehead atoms. The SMILES string of the molecule is CCCCCC/C=C\C/C=C\CCCCCCCC(=O)OCC(COC1OC(C(=O)O)C(O)C(O)C1O)OC(=O)CCCCCCCCCCCCCCCC. The van der Waals surface area contributed by atoms with E-state index in [1.807, 2.05) is 0 Å². The van der Waals surface area contributed by atoms with E-state index >= 15 is 0 Å². The molecule has 0 saturated carbocycles. The zero-order valence-electron chi connectivity index (χ0n) is 35.1. The first-order chi connectivity index (χ1) is 27.2. The number of carboxylic acids is 1. The van der Waals surface area contributed by atoms with Crippen LogP contribution < -0.4 is 0 Å². The van der Waals surface area contributed by atoms with E-state index in [4.69, 9.17) is 18.9 Å². The molecule has 56 heavy (non-hydrogen) atoms. The summed E-state index contributed by atoms with van der Waals surface area (Å²) in [6, 6.07) is 0. The Hall–Kier alpha value is -2.31. The number of allylic oxidation sites excluding steroid dienone is 4. The Morgan fingerprint density at radius 1 is 0.554 bits per heavy atom. The van der Waals surface area contributed by atoms with E-state index in [0.29, 0.717) is 12.8 Å². The van der Waals surface area contributed by atoms with E-state index in [0.717, 1.165) is 57.8 Å². The zero-order valence-corrected chi connectivity index (χ0v) is 35.1. The van der Waals surface area contributed by atoms with E-state index in [-0.39, 0.29) is 19.4 Å². The van der Waals surface area contributed by atoms with Gasteiger partial charge in [0.2, 0.25) is 0 Å². The molecule has 0 aromatic carbocycles. The van der Waals surface area contributed by atoms with Crippen molar-refractivity contribution in [1.82, 2.24) is 0 Å². The van der Waals surface area contributed by atoms with Crippen LogP contribution in [0.2, 0.25) is 0 Å². The Morgan fingerprint density at radius 3 is 1.50 bits per heavy atom. The number of carboxylic acid groups (broad SMARTS) is 1. The molecule has 0 spiro atoms. The summed E-state index contributed by atoms with van der Waals surface area (Å²) in [5, 5.41) is 39.8. The quantitative estimate of drug-likeness (QED) is 0.0268. The minimum absolute atomic E-state index is 0.184. The normalized spacial score (nSPS) is 20.5. The molecule has 6 atom stereocenters. The van der Waals surface area contributed by atoms with Crippen LogP contribution in [0.4, 0.5) is 0 Å². The summed E-state index contributed by atoms with van der Waals surface area (Å²) in [6.45, 7) is 3.79. The number of esters is 2. The fourth-order valence-corrected chi connectivity index (χ4v) is 6.73. The third-order valence-corrected chi connectivity index (χ3v) is 10.3. The molecule has 0 amide bonds. The summed E-state index contributed by atoms with van der Waals surface area (Å²) >= 11 is 0. The van der Waals surface area contributed by atoms with Crippen molar-refractivity contribution in [3.8, 4) is 0 Å². The first-order valence-corrected chi connectivity index (χ1v) is 22.4. The van der Waals surface area contributed by atoms with Crippen molar-refractivity contribution >= 4 is 17.9 Å². The second kappa shape index (κ2) is 35.8. The Kier molecular flexibility index (Phi) is 33.1. The highest BCUT2D eigenvalue weighted by Gasteiger charge is 2.47. The minimum atomic E-state index is -1.86. The van der Waals surface area contributed by atoms with Crippen molar-refractivity contribution < 1.29 is 53.8 Å². The molecular formula is C45H80O11. The highest BCUT2D eigenvalue weighted by molar-refractivity contribution is 5.73. The van der Waals surface area contributed by atoms with Crippen molar-refractivity contribution in [2.24, 2.45) is 0 Å². The first kappa shape index (κ1) is 51.7. The lowest BCUT2D eigenvalue weighted by Crippen LogP contribution is -2.60. The van der Waals surface area contributed by atoms with Crippen molar-refractivity contribution in [2.45, 2.75) is 230 Å². The highest BCUT2D eigenvalue weighted by atomic mass is 16.7. The first-order valence-electron chi connectivity index (χ1n) is 22.4. The average Bonchev–Trinajstić information content (AvgIpc) is 3.18. The molecule has 11 heteroatoms. The number of ether oxygens (including phenoxy) is 4. The molecular weight excluding hydrogens is 716 g/mol. The monoisotopic (exact) mass is 797 g/mol. The molecule has 0 radical (unpaired) electrons. The average molecular weight is 797 g/mol. The number of aliphatic hydroxyl groups is 3. The van der Waals surface area contributed by atoms with Gasteiger partial charge in [0, 0.05) is 12.8 Å². The van der Waals surface area contributed by atoms with Gasteiger partial charge in [-0.2, -0.15) is 0 Å². The van der Waals surface area contributed by atoms with Gasteiger partial charge in [0.15, 0.2) is 18.5 Å². The molecule has 1 aliphatic heterocycles. The molecule has 6 unspecified atom stereocenters. The lowest BCUT2D eigenvalue weighted by molar-refractivity contribution is -0.298. The van der Waals surface area contributed by atoms with Crippen LogP contribution in [0.15, 0.2) is 24.3 Å². The molecule has 1 heterocycles. The van der Waals surface area contributed by atoms with Gasteiger partial charge in [0.25, 0.3) is 0 Å². The Balaban J connectivity index is 2.38. The minimum Gasteiger partial charge on any atom is -0.479 e. The van der Waals surface area contributed by atoms with Gasteiger partial charge in [0.05, 0.1) is 6.61 Å². The third kappa shape index (κ3) is 27.3. The molecule has 4 N–H and O–H groups in total. The van der Waals surface area contributed by atoms with Crippen LogP contribution in [0, 0.1) is 0 Å². The fraction of sp³-hybridized carbons (Fsp3) is 0.844. The lowest BCUT2D eigenvalue weighted by Gasteiger charge is -2.38. The number of hydrogen-bond acceptors (Lipinski definition) is 10. The van der Waals surface area contributed by atoms with E-state index in [2.05, 4.69) is 38.2 Å². The molecule has 0 aliphatic carbocycles. The maximum absolute atomic E-state index is 12.7. The molecule has 1 fully saturated rings. The van der Waals surface area contributed by atoms with Gasteiger partial charge in [0.1, 0.15) is 24.9 Å². The molecule has 11 nitrogen and oxygen atoms in total. The van der Waals surface area contributed by atoms with Crippen LogP contribution in [0.25, 0.3) is 0 Å². The summed E-state index contributed by atoms with van der Waals surface area (Å²) in [7, 11) is 0. The number of hydrogen-bond donors (Lipinski definition) is 4. The predicted molar refractivity (Wildman–Crippen MR) is 220 cm³/mol. The maximum Gasteiger partial charge on any atom is 0.335 e. The van der Waals surface area contributed by atoms with E-state index in [1.54, 1.807) is 0 Å². The molecule has 0 aromatic heterocycles. The van der Waals surface area contributed by atoms with Crippen LogP contribution in [-0.2, 0) is 33.3 Å². The second-order valence-corrected chi connectivity index (χ2v) is 15.5. The van der Waals surface area contributed by atoms with E-state index in [1.165, 1.54) is 96.3 Å². The lowest BCUT2D eigenvalue weighted by atomic mass is 9.99. The fourth-order valence-electron chi connectivity index (χ4n) is 6.73. The van der Waals surface area contributed by atoms with Gasteiger partial charge in [-0.25, -0.2) is 4.79 Å². The number of carbonyl (C=O) groups is 3. The van der Waals surface area contributed by atoms with Crippen LogP contribution in [-0.4, -0.2) is 88.4 Å². The van der Waals surface area contributed by atoms with Crippen molar-refractivity contribution in [3.63, 3.8) is 0 Å². The van der Waals surface area contributed by atoms with Crippen LogP contribution in [0.1, 0.15) is 194 Å². The standard InChI is InChI=1S/C45H80O11/c1-3-5-7-9-11-13-15-17-19-20-22-23-25-27-29-31-33-38(46)53-35-37(36-54-45-42(50)40(48)41(49)43(56-45)44(51)52)55-39(47)34-32-30-28-26-24-21-18-16-14-12-10-8-6-4-2/h13,15,19-20,37,40-43,45,48-50H,3-12,14,16-18,21-36H2,1-2H3,(H,51,52)/b15-13-,20-19-. The van der Waals surface area contributed by atoms with Gasteiger partial charge in [-0.05, 0) is 44.9 Å². The molecule has 1 rings (SSSR count). The largest absolute Gasteiger partial charge is 0.479 e. The second-order valence-electron chi connectivity index (χ2n) is 15.5. The van der Waals surface area contributed by atoms with E-state index in [9.17, 15) is 34.8 Å². The van der Waals surface area contributed by atoms with Gasteiger partial charge >= 0.3 is 17.9 Å². The number of carbonyl (C=O) groups excluding carboxylic acids is 2. The summed E-state index contributed by atoms with van der Waals surface area (Å²) in [4.78, 5) is 36.8. The molecule has 1 aliphatic rings. The van der Waals surface area contributed by atoms with Crippen LogP contribution in [0.3, 0.4) is 0 Å². The van der Waals surface area contributed by atoms with Crippen molar-refractivity contribution in [2.75, 3.05) is 13.2 Å². The summed E-state index contributed by atoms with van der Waals surface area (Å²) in [6.07, 6.45) is 29.4. The Morgan fingerprint density at radius 2 is 1.00 bits per heavy atom. The van der Waals surface area contributed by atoms with Gasteiger partial charge in [-0.3, -0.25) is 9.59 Å². The van der Waals surface area contributed by atoms with Crippen molar-refractivity contribution in [1.29, 1.82) is 0 Å². The maximum atomic E-state index is 12.7. The van der Waals surface area contributed by atoms with Gasteiger partial charge in [-0.15, -0.1) is 0 Å². The summed E-state index contributed by atoms with van der Waals surface area (Å²) in [5.41, 5.74) is 0. The van der Waals surface area contributed by atoms with Crippen LogP contribution >= 0.6 is 0 Å². The highest BCUT2D eigenvalue weighted by Crippen LogP contribution is 2.23. The smallest absolute Gasteiger partial charge is 0.335 e. The van der Waals surface area contributed by atoms with Crippen molar-refractivity contribution in [3.05, 3.63) is 24.3 Å². The number of rotatable bonds is 37. The number of aliphatic hydroxyl groups excluding tert-OH is 3. The summed E-state index contributed by atoms with van der Waals surface area (Å²) in [5.74, 6) is -2.45. The third-order valence-electron chi connectivity index (χ3n) is 10.3. The molecule has 326 valence electrons. The topological polar surface area (TPSA) is 169 Å². The predicted octanol–water partition coefficient (Wildman–Crippen LogP) is 9.43. The van der Waals surface area contributed by atoms with Gasteiger partial charge < -0.3 is 39.4 Å². The molecule has 1 saturated heterocycles. The molecule has 0 aromatic rings. The van der Waals surface area contributed by atoms with Gasteiger partial charge in [-0.1, -0.05) is 160 Å². The Labute approximate surface area is 339 Å².